The van der Waals surface area contributed by atoms with Gasteiger partial charge in [-0.1, -0.05) is 50.5 Å². The van der Waals surface area contributed by atoms with Crippen LogP contribution in [0.3, 0.4) is 0 Å². The van der Waals surface area contributed by atoms with Crippen molar-refractivity contribution in [3.05, 3.63) is 61.8 Å². The predicted octanol–water partition coefficient (Wildman–Crippen LogP) is 2.12. The molecule has 0 atom stereocenters. The Balaban J connectivity index is 2.06. The molecule has 33 heavy (non-hydrogen) atoms. The summed E-state index contributed by atoms with van der Waals surface area (Å²) < 4.78 is 6.94. The van der Waals surface area contributed by atoms with E-state index in [0.29, 0.717) is 12.8 Å². The highest BCUT2D eigenvalue weighted by Crippen LogP contribution is 2.30. The molecule has 1 aromatic heterocycles. The molecule has 0 radical (unpaired) electrons. The van der Waals surface area contributed by atoms with Gasteiger partial charge in [-0.2, -0.15) is 0 Å². The standard InChI is InChI=1S/C24H31N3O6/c1-3-16-10-12-17(13-11-16)15-26-22(30)20(21(29)25-14-19(28)33-4-2)23(31)27(24(26)32)18-8-6-5-7-9-18/h10-13,18,31H,3-9,14-15H2,1-2H3,(H,25,29). The van der Waals surface area contributed by atoms with Crippen LogP contribution in [0.25, 0.3) is 0 Å². The number of aryl methyl sites for hydroxylation is 1. The molecule has 0 spiro atoms. The minimum atomic E-state index is -0.926. The molecule has 1 fully saturated rings. The lowest BCUT2D eigenvalue weighted by Crippen LogP contribution is -2.46. The normalized spacial score (nSPS) is 14.1. The smallest absolute Gasteiger partial charge is 0.334 e. The molecule has 9 heteroatoms. The molecular weight excluding hydrogens is 426 g/mol. The van der Waals surface area contributed by atoms with Crippen molar-refractivity contribution in [2.75, 3.05) is 13.2 Å². The van der Waals surface area contributed by atoms with Crippen LogP contribution < -0.4 is 16.6 Å². The number of aromatic hydroxyl groups is 1. The largest absolute Gasteiger partial charge is 0.494 e. The van der Waals surface area contributed by atoms with E-state index in [1.165, 1.54) is 4.57 Å². The van der Waals surface area contributed by atoms with Crippen LogP contribution in [0.5, 0.6) is 5.88 Å². The molecule has 2 aromatic rings. The molecule has 1 heterocycles. The molecule has 1 amide bonds. The Kier molecular flexibility index (Phi) is 8.08. The summed E-state index contributed by atoms with van der Waals surface area (Å²) in [6.45, 7) is 3.33. The SMILES string of the molecule is CCOC(=O)CNC(=O)c1c(O)n(C2CCCCC2)c(=O)n(Cc2ccc(CC)cc2)c1=O. The number of nitrogens with zero attached hydrogens (tertiary/aromatic N) is 2. The van der Waals surface area contributed by atoms with Gasteiger partial charge in [-0.25, -0.2) is 4.79 Å². The van der Waals surface area contributed by atoms with Gasteiger partial charge in [-0.15, -0.1) is 0 Å². The summed E-state index contributed by atoms with van der Waals surface area (Å²) in [4.78, 5) is 51.0. The lowest BCUT2D eigenvalue weighted by Gasteiger charge is -2.26. The second kappa shape index (κ2) is 11.0. The van der Waals surface area contributed by atoms with E-state index in [1.54, 1.807) is 6.92 Å². The molecule has 178 valence electrons. The fourth-order valence-corrected chi connectivity index (χ4v) is 4.18. The van der Waals surface area contributed by atoms with E-state index in [0.717, 1.165) is 41.4 Å². The van der Waals surface area contributed by atoms with Gasteiger partial charge in [0.1, 0.15) is 6.54 Å². The maximum atomic E-state index is 13.3. The lowest BCUT2D eigenvalue weighted by molar-refractivity contribution is -0.141. The predicted molar refractivity (Wildman–Crippen MR) is 123 cm³/mol. The summed E-state index contributed by atoms with van der Waals surface area (Å²) in [7, 11) is 0. The number of aromatic nitrogens is 2. The quantitative estimate of drug-likeness (QED) is 0.586. The Morgan fingerprint density at radius 1 is 1.06 bits per heavy atom. The Bertz CT molecular complexity index is 1110. The van der Waals surface area contributed by atoms with Gasteiger partial charge in [0.05, 0.1) is 13.2 Å². The fraction of sp³-hybridized carbons (Fsp3) is 0.500. The highest BCUT2D eigenvalue weighted by Gasteiger charge is 2.29. The van der Waals surface area contributed by atoms with Gasteiger partial charge in [0.15, 0.2) is 5.56 Å². The zero-order valence-corrected chi connectivity index (χ0v) is 19.1. The van der Waals surface area contributed by atoms with Crippen LogP contribution in [0, 0.1) is 0 Å². The van der Waals surface area contributed by atoms with Crippen molar-refractivity contribution in [2.24, 2.45) is 0 Å². The Labute approximate surface area is 192 Å². The number of ether oxygens (including phenoxy) is 1. The Hall–Kier alpha value is -3.36. The van der Waals surface area contributed by atoms with Crippen LogP contribution in [0.2, 0.25) is 0 Å². The number of hydrogen-bond donors (Lipinski definition) is 2. The Morgan fingerprint density at radius 2 is 1.70 bits per heavy atom. The van der Waals surface area contributed by atoms with Gasteiger partial charge in [0.25, 0.3) is 11.5 Å². The van der Waals surface area contributed by atoms with Crippen LogP contribution in [-0.2, 0) is 22.5 Å². The lowest BCUT2D eigenvalue weighted by atomic mass is 9.95. The Morgan fingerprint density at radius 3 is 2.30 bits per heavy atom. The summed E-state index contributed by atoms with van der Waals surface area (Å²) in [6.07, 6.45) is 5.00. The van der Waals surface area contributed by atoms with Crippen molar-refractivity contribution < 1.29 is 19.4 Å². The molecule has 1 saturated carbocycles. The summed E-state index contributed by atoms with van der Waals surface area (Å²) in [5.74, 6) is -2.25. The third-order valence-electron chi connectivity index (χ3n) is 5.99. The number of benzene rings is 1. The minimum absolute atomic E-state index is 0.0349. The van der Waals surface area contributed by atoms with Crippen molar-refractivity contribution >= 4 is 11.9 Å². The van der Waals surface area contributed by atoms with Crippen LogP contribution in [0.4, 0.5) is 0 Å². The molecule has 1 aliphatic rings. The van der Waals surface area contributed by atoms with Gasteiger partial charge >= 0.3 is 11.7 Å². The second-order valence-electron chi connectivity index (χ2n) is 8.19. The number of rotatable bonds is 8. The molecule has 3 rings (SSSR count). The van der Waals surface area contributed by atoms with E-state index in [1.807, 2.05) is 31.2 Å². The van der Waals surface area contributed by atoms with Crippen molar-refractivity contribution in [3.8, 4) is 5.88 Å². The number of carbonyl (C=O) groups excluding carboxylic acids is 2. The van der Waals surface area contributed by atoms with Crippen molar-refractivity contribution in [1.29, 1.82) is 0 Å². The first kappa shape index (κ1) is 24.3. The molecular formula is C24H31N3O6. The number of nitrogens with one attached hydrogen (secondary N) is 1. The summed E-state index contributed by atoms with van der Waals surface area (Å²) >= 11 is 0. The first-order valence-electron chi connectivity index (χ1n) is 11.5. The van der Waals surface area contributed by atoms with Crippen molar-refractivity contribution in [2.45, 2.75) is 65.0 Å². The topological polar surface area (TPSA) is 120 Å². The summed E-state index contributed by atoms with van der Waals surface area (Å²) in [6, 6.07) is 7.21. The van der Waals surface area contributed by atoms with Gasteiger partial charge in [0.2, 0.25) is 5.88 Å². The molecule has 2 N–H and O–H groups in total. The zero-order valence-electron chi connectivity index (χ0n) is 19.1. The first-order valence-corrected chi connectivity index (χ1v) is 11.5. The van der Waals surface area contributed by atoms with Crippen molar-refractivity contribution in [1.82, 2.24) is 14.5 Å². The van der Waals surface area contributed by atoms with Crippen LogP contribution >= 0.6 is 0 Å². The second-order valence-corrected chi connectivity index (χ2v) is 8.19. The fourth-order valence-electron chi connectivity index (χ4n) is 4.18. The number of esters is 1. The highest BCUT2D eigenvalue weighted by atomic mass is 16.5. The first-order chi connectivity index (χ1) is 15.9. The van der Waals surface area contributed by atoms with Crippen LogP contribution in [0.15, 0.2) is 33.9 Å². The van der Waals surface area contributed by atoms with Gasteiger partial charge in [-0.3, -0.25) is 23.5 Å². The monoisotopic (exact) mass is 457 g/mol. The van der Waals surface area contributed by atoms with Crippen LogP contribution in [-0.4, -0.2) is 39.3 Å². The van der Waals surface area contributed by atoms with E-state index in [-0.39, 0.29) is 19.2 Å². The van der Waals surface area contributed by atoms with E-state index < -0.39 is 41.1 Å². The molecule has 9 nitrogen and oxygen atoms in total. The zero-order chi connectivity index (χ0) is 24.0. The van der Waals surface area contributed by atoms with Crippen molar-refractivity contribution in [3.63, 3.8) is 0 Å². The van der Waals surface area contributed by atoms with Gasteiger partial charge in [0, 0.05) is 6.04 Å². The third kappa shape index (κ3) is 5.53. The number of carbonyl (C=O) groups is 2. The minimum Gasteiger partial charge on any atom is -0.494 e. The summed E-state index contributed by atoms with van der Waals surface area (Å²) in [5.41, 5.74) is -0.244. The van der Waals surface area contributed by atoms with Gasteiger partial charge in [-0.05, 0) is 37.3 Å². The average Bonchev–Trinajstić information content (AvgIpc) is 2.82. The van der Waals surface area contributed by atoms with E-state index >= 15 is 0 Å². The molecule has 0 aliphatic heterocycles. The van der Waals surface area contributed by atoms with Crippen LogP contribution in [0.1, 0.15) is 73.5 Å². The molecule has 0 bridgehead atoms. The van der Waals surface area contributed by atoms with Gasteiger partial charge < -0.3 is 15.2 Å². The van der Waals surface area contributed by atoms with E-state index in [4.69, 9.17) is 4.74 Å². The molecule has 1 aliphatic carbocycles. The average molecular weight is 458 g/mol. The maximum absolute atomic E-state index is 13.3. The third-order valence-corrected chi connectivity index (χ3v) is 5.99. The molecule has 0 saturated heterocycles. The van der Waals surface area contributed by atoms with E-state index in [2.05, 4.69) is 5.32 Å². The highest BCUT2D eigenvalue weighted by molar-refractivity contribution is 5.97. The molecule has 1 aromatic carbocycles. The summed E-state index contributed by atoms with van der Waals surface area (Å²) in [5, 5.41) is 13.2. The molecule has 0 unspecified atom stereocenters. The van der Waals surface area contributed by atoms with E-state index in [9.17, 15) is 24.3 Å². The maximum Gasteiger partial charge on any atom is 0.334 e. The number of amides is 1. The number of hydrogen-bond acceptors (Lipinski definition) is 6.